The third-order valence-corrected chi connectivity index (χ3v) is 3.98. The number of benzene rings is 2. The predicted octanol–water partition coefficient (Wildman–Crippen LogP) is 2.61. The standard InChI is InChI=1S/C18H21N5/c1-22-11-12-23(22)14-17(21-19)13-20-10-9-16-7-4-6-15-5-2-3-8-18(15)16/h2-8,11-13H,9-10,14,19H2,1H3/b20-13?,21-17+. The van der Waals surface area contributed by atoms with Crippen molar-refractivity contribution in [2.45, 2.75) is 13.0 Å². The summed E-state index contributed by atoms with van der Waals surface area (Å²) in [5, 5.41) is 6.37. The van der Waals surface area contributed by atoms with E-state index in [4.69, 9.17) is 5.84 Å². The second-order valence-electron chi connectivity index (χ2n) is 5.51. The first-order valence-electron chi connectivity index (χ1n) is 7.69. The average molecular weight is 307 g/mol. The molecule has 0 saturated carbocycles. The molecule has 0 amide bonds. The first-order chi connectivity index (χ1) is 11.3. The van der Waals surface area contributed by atoms with Crippen LogP contribution in [-0.2, 0) is 20.0 Å². The Kier molecular flexibility index (Phi) is 4.57. The number of aryl methyl sites for hydroxylation is 1. The highest BCUT2D eigenvalue weighted by atomic mass is 15.4. The minimum atomic E-state index is 0.640. The first-order valence-corrected chi connectivity index (χ1v) is 7.69. The normalized spacial score (nSPS) is 12.5. The smallest absolute Gasteiger partial charge is 0.0992 e. The maximum atomic E-state index is 5.44. The Hall–Kier alpha value is -2.82. The van der Waals surface area contributed by atoms with Crippen LogP contribution in [0.2, 0.25) is 0 Å². The zero-order valence-corrected chi connectivity index (χ0v) is 13.3. The van der Waals surface area contributed by atoms with Gasteiger partial charge in [0.25, 0.3) is 0 Å². The van der Waals surface area contributed by atoms with Gasteiger partial charge in [0, 0.05) is 32.2 Å². The summed E-state index contributed by atoms with van der Waals surface area (Å²) in [5.41, 5.74) is 2.08. The van der Waals surface area contributed by atoms with Crippen molar-refractivity contribution < 1.29 is 0 Å². The third kappa shape index (κ3) is 3.51. The molecule has 0 fully saturated rings. The van der Waals surface area contributed by atoms with Crippen molar-refractivity contribution in [2.75, 3.05) is 6.54 Å². The van der Waals surface area contributed by atoms with Crippen LogP contribution in [0.5, 0.6) is 0 Å². The summed E-state index contributed by atoms with van der Waals surface area (Å²) in [6.45, 7) is 1.36. The molecule has 1 aromatic heterocycles. The van der Waals surface area contributed by atoms with Gasteiger partial charge in [-0.05, 0) is 22.8 Å². The quantitative estimate of drug-likeness (QED) is 0.425. The summed E-state index contributed by atoms with van der Waals surface area (Å²) in [6, 6.07) is 14.8. The van der Waals surface area contributed by atoms with Crippen molar-refractivity contribution in [3.63, 3.8) is 0 Å². The van der Waals surface area contributed by atoms with E-state index in [0.29, 0.717) is 6.54 Å². The lowest BCUT2D eigenvalue weighted by Gasteiger charge is -2.16. The first kappa shape index (κ1) is 15.1. The van der Waals surface area contributed by atoms with E-state index >= 15 is 0 Å². The molecule has 0 unspecified atom stereocenters. The lowest BCUT2D eigenvalue weighted by Crippen LogP contribution is -2.23. The number of aromatic nitrogens is 2. The topological polar surface area (TPSA) is 60.6 Å². The molecule has 5 nitrogen and oxygen atoms in total. The van der Waals surface area contributed by atoms with Crippen LogP contribution in [0.1, 0.15) is 5.56 Å². The van der Waals surface area contributed by atoms with Gasteiger partial charge >= 0.3 is 0 Å². The molecule has 2 aromatic carbocycles. The summed E-state index contributed by atoms with van der Waals surface area (Å²) < 4.78 is 4.00. The molecular formula is C18H21N5. The number of aliphatic imine (C=N–C) groups is 1. The summed E-state index contributed by atoms with van der Waals surface area (Å²) in [6.07, 6.45) is 6.63. The highest BCUT2D eigenvalue weighted by molar-refractivity contribution is 6.30. The van der Waals surface area contributed by atoms with Crippen molar-refractivity contribution in [1.29, 1.82) is 0 Å². The van der Waals surface area contributed by atoms with Crippen molar-refractivity contribution in [1.82, 2.24) is 9.36 Å². The molecule has 0 aliphatic heterocycles. The van der Waals surface area contributed by atoms with Crippen LogP contribution >= 0.6 is 0 Å². The zero-order chi connectivity index (χ0) is 16.1. The maximum absolute atomic E-state index is 5.44. The van der Waals surface area contributed by atoms with E-state index in [1.807, 2.05) is 28.8 Å². The predicted molar refractivity (Wildman–Crippen MR) is 96.0 cm³/mol. The molecule has 0 aliphatic carbocycles. The molecule has 118 valence electrons. The van der Waals surface area contributed by atoms with E-state index in [9.17, 15) is 0 Å². The second-order valence-corrected chi connectivity index (χ2v) is 5.51. The van der Waals surface area contributed by atoms with Gasteiger partial charge in [0.1, 0.15) is 0 Å². The Bertz CT molecular complexity index is 833. The number of hydrazone groups is 1. The second kappa shape index (κ2) is 6.96. The van der Waals surface area contributed by atoms with Crippen LogP contribution in [0.15, 0.2) is 65.0 Å². The highest BCUT2D eigenvalue weighted by Crippen LogP contribution is 2.18. The van der Waals surface area contributed by atoms with Crippen LogP contribution in [-0.4, -0.2) is 27.8 Å². The SMILES string of the molecule is Cn1ccn1C/C(C=NCCc1cccc2ccccc12)=N/N. The molecule has 23 heavy (non-hydrogen) atoms. The Morgan fingerprint density at radius 2 is 1.96 bits per heavy atom. The van der Waals surface area contributed by atoms with E-state index in [2.05, 4.69) is 52.6 Å². The van der Waals surface area contributed by atoms with E-state index < -0.39 is 0 Å². The van der Waals surface area contributed by atoms with Crippen molar-refractivity contribution >= 4 is 22.7 Å². The summed E-state index contributed by atoms with van der Waals surface area (Å²) >= 11 is 0. The molecule has 0 saturated heterocycles. The maximum Gasteiger partial charge on any atom is 0.0992 e. The average Bonchev–Trinajstić information content (AvgIpc) is 2.59. The Labute approximate surface area is 135 Å². The van der Waals surface area contributed by atoms with Crippen molar-refractivity contribution in [3.05, 3.63) is 60.4 Å². The fourth-order valence-electron chi connectivity index (χ4n) is 2.60. The van der Waals surface area contributed by atoms with Crippen LogP contribution in [0.25, 0.3) is 10.8 Å². The Morgan fingerprint density at radius 1 is 1.13 bits per heavy atom. The molecule has 3 aromatic rings. The molecule has 3 rings (SSSR count). The minimum Gasteiger partial charge on any atom is -0.323 e. The van der Waals surface area contributed by atoms with Gasteiger partial charge in [0.05, 0.1) is 12.3 Å². The highest BCUT2D eigenvalue weighted by Gasteiger charge is 2.02. The summed E-state index contributed by atoms with van der Waals surface area (Å²) in [7, 11) is 1.98. The number of nitrogens with zero attached hydrogens (tertiary/aromatic N) is 4. The molecule has 0 bridgehead atoms. The van der Waals surface area contributed by atoms with Gasteiger partial charge < -0.3 is 5.84 Å². The van der Waals surface area contributed by atoms with Gasteiger partial charge in [0.15, 0.2) is 0 Å². The molecule has 0 aliphatic rings. The van der Waals surface area contributed by atoms with Gasteiger partial charge in [-0.1, -0.05) is 42.5 Å². The number of hydrogen-bond acceptors (Lipinski definition) is 3. The Balaban J connectivity index is 1.61. The van der Waals surface area contributed by atoms with E-state index in [1.165, 1.54) is 16.3 Å². The van der Waals surface area contributed by atoms with Gasteiger partial charge in [-0.2, -0.15) is 5.10 Å². The van der Waals surface area contributed by atoms with Gasteiger partial charge in [0.2, 0.25) is 0 Å². The fraction of sp³-hybridized carbons (Fsp3) is 0.222. The summed E-state index contributed by atoms with van der Waals surface area (Å²) in [5.74, 6) is 5.44. The molecule has 5 heteroatoms. The largest absolute Gasteiger partial charge is 0.323 e. The van der Waals surface area contributed by atoms with Crippen molar-refractivity contribution in [3.8, 4) is 0 Å². The molecular weight excluding hydrogens is 286 g/mol. The van der Waals surface area contributed by atoms with Crippen LogP contribution < -0.4 is 5.84 Å². The summed E-state index contributed by atoms with van der Waals surface area (Å²) in [4.78, 5) is 4.48. The fourth-order valence-corrected chi connectivity index (χ4v) is 2.60. The molecule has 2 N–H and O–H groups in total. The number of rotatable bonds is 6. The lowest BCUT2D eigenvalue weighted by molar-refractivity contribution is 0.506. The minimum absolute atomic E-state index is 0.640. The lowest BCUT2D eigenvalue weighted by atomic mass is 10.0. The van der Waals surface area contributed by atoms with E-state index in [0.717, 1.165) is 18.7 Å². The van der Waals surface area contributed by atoms with Gasteiger partial charge in [-0.3, -0.25) is 14.4 Å². The molecule has 0 atom stereocenters. The zero-order valence-electron chi connectivity index (χ0n) is 13.3. The van der Waals surface area contributed by atoms with Gasteiger partial charge in [-0.15, -0.1) is 0 Å². The third-order valence-electron chi connectivity index (χ3n) is 3.98. The van der Waals surface area contributed by atoms with Crippen LogP contribution in [0.3, 0.4) is 0 Å². The van der Waals surface area contributed by atoms with E-state index in [-0.39, 0.29) is 0 Å². The molecule has 1 heterocycles. The monoisotopic (exact) mass is 307 g/mol. The molecule has 0 radical (unpaired) electrons. The Morgan fingerprint density at radius 3 is 2.70 bits per heavy atom. The van der Waals surface area contributed by atoms with Gasteiger partial charge in [-0.25, -0.2) is 0 Å². The van der Waals surface area contributed by atoms with Crippen LogP contribution in [0.4, 0.5) is 0 Å². The number of hydrogen-bond donors (Lipinski definition) is 1. The van der Waals surface area contributed by atoms with E-state index in [1.54, 1.807) is 6.21 Å². The van der Waals surface area contributed by atoms with Crippen molar-refractivity contribution in [2.24, 2.45) is 23.0 Å². The number of fused-ring (bicyclic) bond motifs is 1. The number of nitrogens with two attached hydrogens (primary N) is 1. The van der Waals surface area contributed by atoms with Crippen LogP contribution in [0, 0.1) is 0 Å². The molecule has 0 spiro atoms.